The molecule has 4 heteroatoms. The van der Waals surface area contributed by atoms with Crippen molar-refractivity contribution in [1.82, 2.24) is 5.32 Å². The van der Waals surface area contributed by atoms with E-state index in [0.29, 0.717) is 0 Å². The summed E-state index contributed by atoms with van der Waals surface area (Å²) >= 11 is 0. The van der Waals surface area contributed by atoms with Gasteiger partial charge in [-0.1, -0.05) is 12.1 Å². The topological polar surface area (TPSA) is 75.3 Å². The van der Waals surface area contributed by atoms with E-state index in [9.17, 15) is 9.90 Å². The maximum absolute atomic E-state index is 11.5. The maximum atomic E-state index is 11.5. The van der Waals surface area contributed by atoms with Gasteiger partial charge in [-0.25, -0.2) is 0 Å². The molecule has 0 heterocycles. The molecule has 0 aliphatic carbocycles. The lowest BCUT2D eigenvalue weighted by Crippen LogP contribution is -2.52. The molecule has 0 saturated heterocycles. The molecule has 0 fully saturated rings. The van der Waals surface area contributed by atoms with Gasteiger partial charge in [-0.3, -0.25) is 10.1 Å². The summed E-state index contributed by atoms with van der Waals surface area (Å²) in [6, 6.07) is 6.59. The second kappa shape index (κ2) is 4.53. The average molecular weight is 222 g/mol. The first-order valence-electron chi connectivity index (χ1n) is 5.23. The fourth-order valence-electron chi connectivity index (χ4n) is 1.67. The van der Waals surface area contributed by atoms with Gasteiger partial charge in [0.1, 0.15) is 11.3 Å². The first-order valence-corrected chi connectivity index (χ1v) is 5.23. The van der Waals surface area contributed by atoms with E-state index in [2.05, 4.69) is 5.32 Å². The highest BCUT2D eigenvalue weighted by molar-refractivity contribution is 5.85. The molecule has 1 aromatic carbocycles. The van der Waals surface area contributed by atoms with E-state index < -0.39 is 11.4 Å². The Labute approximate surface area is 95.5 Å². The van der Waals surface area contributed by atoms with Crippen LogP contribution in [-0.2, 0) is 10.3 Å². The first-order chi connectivity index (χ1) is 7.36. The lowest BCUT2D eigenvalue weighted by Gasteiger charge is -2.30. The number of nitrogens with one attached hydrogen (secondary N) is 1. The number of carbonyl (C=O) groups is 1. The number of primary amides is 1. The molecule has 1 aromatic rings. The number of phenolic OH excluding ortho intramolecular Hbond substituents is 1. The number of rotatable bonds is 4. The third-order valence-electron chi connectivity index (χ3n) is 2.51. The minimum atomic E-state index is -0.915. The Bertz CT molecular complexity index is 373. The number of benzene rings is 1. The van der Waals surface area contributed by atoms with Gasteiger partial charge in [-0.05, 0) is 38.5 Å². The standard InChI is InChI=1S/C12H18N2O2/c1-8(2)14-12(3,11(13)16)9-4-6-10(15)7-5-9/h4-8,14-15H,1-3H3,(H2,13,16). The monoisotopic (exact) mass is 222 g/mol. The van der Waals surface area contributed by atoms with Gasteiger partial charge < -0.3 is 10.8 Å². The summed E-state index contributed by atoms with van der Waals surface area (Å²) in [5, 5.41) is 12.3. The van der Waals surface area contributed by atoms with Crippen molar-refractivity contribution >= 4 is 5.91 Å². The summed E-state index contributed by atoms with van der Waals surface area (Å²) in [6.45, 7) is 5.63. The van der Waals surface area contributed by atoms with E-state index in [1.807, 2.05) is 13.8 Å². The van der Waals surface area contributed by atoms with Crippen molar-refractivity contribution in [3.05, 3.63) is 29.8 Å². The quantitative estimate of drug-likeness (QED) is 0.713. The zero-order valence-electron chi connectivity index (χ0n) is 9.82. The van der Waals surface area contributed by atoms with Crippen molar-refractivity contribution in [2.24, 2.45) is 5.73 Å². The van der Waals surface area contributed by atoms with Crippen LogP contribution in [0, 0.1) is 0 Å². The normalized spacial score (nSPS) is 14.8. The molecule has 1 amide bonds. The molecular weight excluding hydrogens is 204 g/mol. The molecule has 0 aliphatic rings. The van der Waals surface area contributed by atoms with Crippen molar-refractivity contribution in [2.45, 2.75) is 32.4 Å². The molecule has 0 spiro atoms. The number of carbonyl (C=O) groups excluding carboxylic acids is 1. The van der Waals surface area contributed by atoms with Crippen LogP contribution in [0.2, 0.25) is 0 Å². The average Bonchev–Trinajstić information content (AvgIpc) is 2.17. The largest absolute Gasteiger partial charge is 0.508 e. The van der Waals surface area contributed by atoms with Crippen LogP contribution in [0.15, 0.2) is 24.3 Å². The third-order valence-corrected chi connectivity index (χ3v) is 2.51. The smallest absolute Gasteiger partial charge is 0.242 e. The molecule has 1 rings (SSSR count). The minimum Gasteiger partial charge on any atom is -0.508 e. The highest BCUT2D eigenvalue weighted by Crippen LogP contribution is 2.23. The Balaban J connectivity index is 3.11. The van der Waals surface area contributed by atoms with E-state index in [-0.39, 0.29) is 11.8 Å². The minimum absolute atomic E-state index is 0.131. The van der Waals surface area contributed by atoms with Gasteiger partial charge in [-0.15, -0.1) is 0 Å². The zero-order chi connectivity index (χ0) is 12.3. The highest BCUT2D eigenvalue weighted by Gasteiger charge is 2.33. The Morgan fingerprint density at radius 1 is 1.38 bits per heavy atom. The molecule has 16 heavy (non-hydrogen) atoms. The zero-order valence-corrected chi connectivity index (χ0v) is 9.82. The summed E-state index contributed by atoms with van der Waals surface area (Å²) in [5.41, 5.74) is 5.25. The van der Waals surface area contributed by atoms with E-state index in [1.165, 1.54) is 0 Å². The van der Waals surface area contributed by atoms with Gasteiger partial charge in [0.15, 0.2) is 0 Å². The molecule has 0 aromatic heterocycles. The highest BCUT2D eigenvalue weighted by atomic mass is 16.3. The van der Waals surface area contributed by atoms with Crippen molar-refractivity contribution < 1.29 is 9.90 Å². The molecule has 4 N–H and O–H groups in total. The molecule has 0 aliphatic heterocycles. The van der Waals surface area contributed by atoms with E-state index in [0.717, 1.165) is 5.56 Å². The fraction of sp³-hybridized carbons (Fsp3) is 0.417. The number of phenols is 1. The van der Waals surface area contributed by atoms with Gasteiger partial charge in [0.2, 0.25) is 5.91 Å². The van der Waals surface area contributed by atoms with Crippen LogP contribution in [0.3, 0.4) is 0 Å². The summed E-state index contributed by atoms with van der Waals surface area (Å²) in [5.74, 6) is -0.271. The van der Waals surface area contributed by atoms with Crippen LogP contribution in [0.4, 0.5) is 0 Å². The van der Waals surface area contributed by atoms with Crippen LogP contribution in [0.5, 0.6) is 5.75 Å². The third kappa shape index (κ3) is 2.52. The molecule has 1 atom stereocenters. The van der Waals surface area contributed by atoms with Gasteiger partial charge in [0, 0.05) is 6.04 Å². The fourth-order valence-corrected chi connectivity index (χ4v) is 1.67. The molecular formula is C12H18N2O2. The van der Waals surface area contributed by atoms with Gasteiger partial charge >= 0.3 is 0 Å². The van der Waals surface area contributed by atoms with E-state index >= 15 is 0 Å². The predicted molar refractivity (Wildman–Crippen MR) is 62.9 cm³/mol. The van der Waals surface area contributed by atoms with E-state index in [1.54, 1.807) is 31.2 Å². The summed E-state index contributed by atoms with van der Waals surface area (Å²) in [6.07, 6.45) is 0. The lowest BCUT2D eigenvalue weighted by atomic mass is 9.90. The molecule has 0 bridgehead atoms. The molecule has 1 unspecified atom stereocenters. The number of aromatic hydroxyl groups is 1. The van der Waals surface area contributed by atoms with Crippen molar-refractivity contribution in [3.63, 3.8) is 0 Å². The summed E-state index contributed by atoms with van der Waals surface area (Å²) in [7, 11) is 0. The molecule has 88 valence electrons. The van der Waals surface area contributed by atoms with Gasteiger partial charge in [0.05, 0.1) is 0 Å². The lowest BCUT2D eigenvalue weighted by molar-refractivity contribution is -0.124. The SMILES string of the molecule is CC(C)NC(C)(C(N)=O)c1ccc(O)cc1. The summed E-state index contributed by atoms with van der Waals surface area (Å²) in [4.78, 5) is 11.5. The number of hydrogen-bond acceptors (Lipinski definition) is 3. The Kier molecular flexibility index (Phi) is 3.55. The molecule has 4 nitrogen and oxygen atoms in total. The number of nitrogens with two attached hydrogens (primary N) is 1. The van der Waals surface area contributed by atoms with Crippen LogP contribution < -0.4 is 11.1 Å². The first kappa shape index (κ1) is 12.5. The van der Waals surface area contributed by atoms with Crippen LogP contribution in [0.25, 0.3) is 0 Å². The van der Waals surface area contributed by atoms with Gasteiger partial charge in [0.25, 0.3) is 0 Å². The van der Waals surface area contributed by atoms with Crippen molar-refractivity contribution in [2.75, 3.05) is 0 Å². The second-order valence-corrected chi connectivity index (χ2v) is 4.34. The predicted octanol–water partition coefficient (Wildman–Crippen LogP) is 1.09. The number of hydrogen-bond donors (Lipinski definition) is 3. The molecule has 0 radical (unpaired) electrons. The van der Waals surface area contributed by atoms with Crippen LogP contribution >= 0.6 is 0 Å². The van der Waals surface area contributed by atoms with E-state index in [4.69, 9.17) is 5.73 Å². The molecule has 0 saturated carbocycles. The summed E-state index contributed by atoms with van der Waals surface area (Å²) < 4.78 is 0. The Morgan fingerprint density at radius 2 is 1.88 bits per heavy atom. The number of amides is 1. The van der Waals surface area contributed by atoms with Crippen molar-refractivity contribution in [1.29, 1.82) is 0 Å². The second-order valence-electron chi connectivity index (χ2n) is 4.34. The Hall–Kier alpha value is -1.55. The van der Waals surface area contributed by atoms with Crippen molar-refractivity contribution in [3.8, 4) is 5.75 Å². The van der Waals surface area contributed by atoms with Crippen LogP contribution in [0.1, 0.15) is 26.3 Å². The maximum Gasteiger partial charge on any atom is 0.242 e. The van der Waals surface area contributed by atoms with Gasteiger partial charge in [-0.2, -0.15) is 0 Å². The van der Waals surface area contributed by atoms with Crippen LogP contribution in [-0.4, -0.2) is 17.1 Å². The Morgan fingerprint density at radius 3 is 2.25 bits per heavy atom.